The summed E-state index contributed by atoms with van der Waals surface area (Å²) in [5, 5.41) is 4.45. The second kappa shape index (κ2) is 6.33. The summed E-state index contributed by atoms with van der Waals surface area (Å²) in [5.41, 5.74) is 0.702. The summed E-state index contributed by atoms with van der Waals surface area (Å²) in [6, 6.07) is 0. The molecule has 2 aliphatic rings. The summed E-state index contributed by atoms with van der Waals surface area (Å²) in [5.74, 6) is 0. The van der Waals surface area contributed by atoms with Gasteiger partial charge in [0, 0.05) is 0 Å². The van der Waals surface area contributed by atoms with Crippen LogP contribution in [0.1, 0.15) is 32.6 Å². The van der Waals surface area contributed by atoms with Crippen molar-refractivity contribution in [2.24, 2.45) is 5.41 Å². The molecule has 2 saturated heterocycles. The molecule has 2 nitrogen and oxygen atoms in total. The van der Waals surface area contributed by atoms with Crippen LogP contribution in [0.25, 0.3) is 5.32 Å². The molecule has 76 valence electrons. The Labute approximate surface area is 131 Å². The summed E-state index contributed by atoms with van der Waals surface area (Å²) >= 11 is 0. The van der Waals surface area contributed by atoms with Gasteiger partial charge in [-0.25, -0.2) is 0 Å². The van der Waals surface area contributed by atoms with Crippen molar-refractivity contribution in [1.82, 2.24) is 4.90 Å². The number of nitrogens with zero attached hydrogens (tertiary/aromatic N) is 2. The van der Waals surface area contributed by atoms with Crippen molar-refractivity contribution >= 4 is 0 Å². The standard InChI is InChI=1S/C11H21N2.K/c1-2-13-9-5-11(6-10-13)3-7-12-8-4-11;/h2-10H2,1H3;/q-1;+1. The Morgan fingerprint density at radius 2 is 1.64 bits per heavy atom. The molecule has 2 heterocycles. The molecule has 0 amide bonds. The molecule has 0 aromatic heterocycles. The predicted molar refractivity (Wildman–Crippen MR) is 56.1 cm³/mol. The molecule has 0 atom stereocenters. The monoisotopic (exact) mass is 220 g/mol. The van der Waals surface area contributed by atoms with Gasteiger partial charge in [-0.2, -0.15) is 0 Å². The average Bonchev–Trinajstić information content (AvgIpc) is 2.20. The molecular formula is C11H21KN2. The summed E-state index contributed by atoms with van der Waals surface area (Å²) in [4.78, 5) is 2.58. The van der Waals surface area contributed by atoms with E-state index in [9.17, 15) is 0 Å². The second-order valence-corrected chi connectivity index (χ2v) is 4.61. The number of likely N-dealkylation sites (tertiary alicyclic amines) is 1. The minimum Gasteiger partial charge on any atom is -0.662 e. The molecule has 0 N–H and O–H groups in total. The zero-order valence-corrected chi connectivity index (χ0v) is 12.9. The zero-order chi connectivity index (χ0) is 9.15. The fraction of sp³-hybridized carbons (Fsp3) is 1.00. The molecule has 1 spiro atoms. The third kappa shape index (κ3) is 3.27. The van der Waals surface area contributed by atoms with Crippen molar-refractivity contribution in [2.45, 2.75) is 32.6 Å². The largest absolute Gasteiger partial charge is 1.00 e. The van der Waals surface area contributed by atoms with Crippen LogP contribution in [0.4, 0.5) is 0 Å². The van der Waals surface area contributed by atoms with E-state index in [-0.39, 0.29) is 51.4 Å². The predicted octanol–water partition coefficient (Wildman–Crippen LogP) is -0.740. The van der Waals surface area contributed by atoms with Crippen molar-refractivity contribution in [3.8, 4) is 0 Å². The number of hydrogen-bond donors (Lipinski definition) is 0. The van der Waals surface area contributed by atoms with Crippen molar-refractivity contribution in [2.75, 3.05) is 32.7 Å². The number of hydrogen-bond acceptors (Lipinski definition) is 1. The Morgan fingerprint density at radius 3 is 2.14 bits per heavy atom. The summed E-state index contributed by atoms with van der Waals surface area (Å²) in [7, 11) is 0. The molecule has 2 aliphatic heterocycles. The molecule has 0 aliphatic carbocycles. The van der Waals surface area contributed by atoms with Crippen LogP contribution in [0.15, 0.2) is 0 Å². The first-order valence-electron chi connectivity index (χ1n) is 5.70. The quantitative estimate of drug-likeness (QED) is 0.532. The van der Waals surface area contributed by atoms with E-state index in [1.54, 1.807) is 0 Å². The SMILES string of the molecule is CCN1CCC2(CC[N-]CC2)CC1.[K+]. The van der Waals surface area contributed by atoms with Crippen LogP contribution in [-0.2, 0) is 0 Å². The summed E-state index contributed by atoms with van der Waals surface area (Å²) < 4.78 is 0. The van der Waals surface area contributed by atoms with E-state index < -0.39 is 0 Å². The molecule has 3 heteroatoms. The minimum absolute atomic E-state index is 0. The maximum absolute atomic E-state index is 4.45. The van der Waals surface area contributed by atoms with Crippen LogP contribution in [0.3, 0.4) is 0 Å². The molecule has 0 aromatic rings. The van der Waals surface area contributed by atoms with Crippen LogP contribution in [0.2, 0.25) is 0 Å². The molecule has 0 unspecified atom stereocenters. The Kier molecular flexibility index (Phi) is 6.16. The van der Waals surface area contributed by atoms with Crippen LogP contribution < -0.4 is 51.4 Å². The van der Waals surface area contributed by atoms with Gasteiger partial charge >= 0.3 is 51.4 Å². The van der Waals surface area contributed by atoms with Crippen molar-refractivity contribution in [3.63, 3.8) is 0 Å². The van der Waals surface area contributed by atoms with E-state index in [0.29, 0.717) is 5.41 Å². The van der Waals surface area contributed by atoms with Gasteiger partial charge < -0.3 is 10.2 Å². The maximum Gasteiger partial charge on any atom is 1.00 e. The van der Waals surface area contributed by atoms with Crippen LogP contribution >= 0.6 is 0 Å². The topological polar surface area (TPSA) is 17.3 Å². The molecule has 0 saturated carbocycles. The van der Waals surface area contributed by atoms with Gasteiger partial charge in [0.1, 0.15) is 0 Å². The van der Waals surface area contributed by atoms with E-state index in [4.69, 9.17) is 0 Å². The van der Waals surface area contributed by atoms with Gasteiger partial charge in [-0.3, -0.25) is 0 Å². The van der Waals surface area contributed by atoms with E-state index in [2.05, 4.69) is 17.1 Å². The Hall–Kier alpha value is 1.56. The Morgan fingerprint density at radius 1 is 1.07 bits per heavy atom. The smallest absolute Gasteiger partial charge is 0.662 e. The van der Waals surface area contributed by atoms with Gasteiger partial charge in [0.05, 0.1) is 0 Å². The van der Waals surface area contributed by atoms with Crippen molar-refractivity contribution in [1.29, 1.82) is 0 Å². The maximum atomic E-state index is 4.45. The van der Waals surface area contributed by atoms with Gasteiger partial charge in [0.15, 0.2) is 0 Å². The summed E-state index contributed by atoms with van der Waals surface area (Å²) in [6.45, 7) is 8.43. The molecule has 0 aromatic carbocycles. The van der Waals surface area contributed by atoms with E-state index in [1.165, 1.54) is 45.3 Å². The molecule has 0 bridgehead atoms. The third-order valence-corrected chi connectivity index (χ3v) is 3.96. The third-order valence-electron chi connectivity index (χ3n) is 3.96. The van der Waals surface area contributed by atoms with Gasteiger partial charge in [-0.15, -0.1) is 13.1 Å². The number of rotatable bonds is 1. The molecule has 0 radical (unpaired) electrons. The average molecular weight is 220 g/mol. The zero-order valence-electron chi connectivity index (χ0n) is 9.76. The van der Waals surface area contributed by atoms with Crippen molar-refractivity contribution in [3.05, 3.63) is 5.32 Å². The van der Waals surface area contributed by atoms with E-state index in [0.717, 1.165) is 13.1 Å². The second-order valence-electron chi connectivity index (χ2n) is 4.61. The molecule has 2 fully saturated rings. The molecule has 2 rings (SSSR count). The van der Waals surface area contributed by atoms with Gasteiger partial charge in [-0.1, -0.05) is 19.8 Å². The molecular weight excluding hydrogens is 199 g/mol. The normalized spacial score (nSPS) is 27.2. The number of piperidine rings is 2. The van der Waals surface area contributed by atoms with Gasteiger partial charge in [0.2, 0.25) is 0 Å². The minimum atomic E-state index is 0. The fourth-order valence-electron chi connectivity index (χ4n) is 2.71. The van der Waals surface area contributed by atoms with Crippen LogP contribution in [0, 0.1) is 5.41 Å². The first-order valence-corrected chi connectivity index (χ1v) is 5.70. The van der Waals surface area contributed by atoms with Gasteiger partial charge in [0.25, 0.3) is 0 Å². The Balaban J connectivity index is 0.000000980. The van der Waals surface area contributed by atoms with Crippen molar-refractivity contribution < 1.29 is 51.4 Å². The van der Waals surface area contributed by atoms with E-state index in [1.807, 2.05) is 0 Å². The Bertz CT molecular complexity index is 157. The van der Waals surface area contributed by atoms with E-state index >= 15 is 0 Å². The fourth-order valence-corrected chi connectivity index (χ4v) is 2.71. The first kappa shape index (κ1) is 13.6. The summed E-state index contributed by atoms with van der Waals surface area (Å²) in [6.07, 6.45) is 5.59. The van der Waals surface area contributed by atoms with Crippen LogP contribution in [0.5, 0.6) is 0 Å². The molecule has 14 heavy (non-hydrogen) atoms. The van der Waals surface area contributed by atoms with Crippen LogP contribution in [-0.4, -0.2) is 37.6 Å². The van der Waals surface area contributed by atoms with Gasteiger partial charge in [-0.05, 0) is 37.9 Å². The first-order chi connectivity index (χ1) is 6.35.